The Labute approximate surface area is 165 Å². The van der Waals surface area contributed by atoms with Gasteiger partial charge in [0.1, 0.15) is 5.75 Å². The van der Waals surface area contributed by atoms with E-state index in [0.717, 1.165) is 57.3 Å². The average Bonchev–Trinajstić information content (AvgIpc) is 3.15. The van der Waals surface area contributed by atoms with Crippen LogP contribution in [0, 0.1) is 0 Å². The van der Waals surface area contributed by atoms with E-state index in [9.17, 15) is 0 Å². The number of hydrogen-bond donors (Lipinski definition) is 1. The van der Waals surface area contributed by atoms with Gasteiger partial charge in [-0.15, -0.1) is 0 Å². The fraction of sp³-hybridized carbons (Fsp3) is 0.409. The number of benzene rings is 2. The Balaban J connectivity index is 1.31. The normalized spacial score (nSPS) is 20.2. The highest BCUT2D eigenvalue weighted by molar-refractivity contribution is 5.84. The van der Waals surface area contributed by atoms with Crippen LogP contribution in [-0.2, 0) is 24.4 Å². The minimum Gasteiger partial charge on any atom is -0.497 e. The number of aromatic nitrogens is 2. The molecule has 0 radical (unpaired) electrons. The summed E-state index contributed by atoms with van der Waals surface area (Å²) in [5, 5.41) is 10.6. The Morgan fingerprint density at radius 3 is 2.93 bits per heavy atom. The third-order valence-corrected chi connectivity index (χ3v) is 5.70. The summed E-state index contributed by atoms with van der Waals surface area (Å²) in [5.41, 5.74) is 3.68. The highest BCUT2D eigenvalue weighted by atomic mass is 16.5. The van der Waals surface area contributed by atoms with Crippen molar-refractivity contribution >= 4 is 10.8 Å². The van der Waals surface area contributed by atoms with Gasteiger partial charge in [0.15, 0.2) is 0 Å². The topological polar surface area (TPSA) is 51.5 Å². The maximum absolute atomic E-state index is 6.11. The van der Waals surface area contributed by atoms with Gasteiger partial charge in [-0.1, -0.05) is 18.2 Å². The van der Waals surface area contributed by atoms with Gasteiger partial charge in [0.2, 0.25) is 0 Å². The van der Waals surface area contributed by atoms with E-state index in [2.05, 4.69) is 51.3 Å². The second-order valence-corrected chi connectivity index (χ2v) is 7.59. The Bertz CT molecular complexity index is 960. The molecule has 28 heavy (non-hydrogen) atoms. The maximum Gasteiger partial charge on any atom is 0.119 e. The van der Waals surface area contributed by atoms with Crippen molar-refractivity contribution in [1.29, 1.82) is 0 Å². The number of methoxy groups -OCH3 is 1. The van der Waals surface area contributed by atoms with Crippen molar-refractivity contribution in [2.24, 2.45) is 0 Å². The summed E-state index contributed by atoms with van der Waals surface area (Å²) >= 11 is 0. The second-order valence-electron chi connectivity index (χ2n) is 7.59. The minimum absolute atomic E-state index is 0.0964. The van der Waals surface area contributed by atoms with Gasteiger partial charge >= 0.3 is 0 Å². The summed E-state index contributed by atoms with van der Waals surface area (Å²) in [5.74, 6) is 0.887. The average molecular weight is 378 g/mol. The highest BCUT2D eigenvalue weighted by Gasteiger charge is 2.23. The van der Waals surface area contributed by atoms with E-state index in [1.807, 2.05) is 6.07 Å². The fourth-order valence-electron chi connectivity index (χ4n) is 4.18. The molecule has 5 rings (SSSR count). The highest BCUT2D eigenvalue weighted by Crippen LogP contribution is 2.28. The molecule has 1 atom stereocenters. The number of hydrogen-bond acceptors (Lipinski definition) is 5. The molecular weight excluding hydrogens is 352 g/mol. The third-order valence-electron chi connectivity index (χ3n) is 5.70. The zero-order chi connectivity index (χ0) is 18.9. The number of nitrogens with zero attached hydrogens (tertiary/aromatic N) is 3. The predicted molar refractivity (Wildman–Crippen MR) is 108 cm³/mol. The van der Waals surface area contributed by atoms with Crippen molar-refractivity contribution in [2.75, 3.05) is 33.4 Å². The smallest absolute Gasteiger partial charge is 0.119 e. The number of fused-ring (bicyclic) bond motifs is 2. The molecule has 2 aliphatic rings. The first kappa shape index (κ1) is 17.7. The van der Waals surface area contributed by atoms with Crippen LogP contribution in [0.1, 0.15) is 23.1 Å². The van der Waals surface area contributed by atoms with E-state index < -0.39 is 0 Å². The molecule has 3 aromatic rings. The standard InChI is InChI=1S/C22H26N4O2/c1-27-21-5-4-16-10-18(3-2-17(16)11-21)22-15-25(8-9-28-22)14-19-12-20-13-23-6-7-26(20)24-19/h2-5,10-12,22-23H,6-9,13-15H2,1H3/t22-/m1/s1. The van der Waals surface area contributed by atoms with E-state index in [0.29, 0.717) is 0 Å². The molecule has 1 fully saturated rings. The second kappa shape index (κ2) is 7.54. The summed E-state index contributed by atoms with van der Waals surface area (Å²) in [6.07, 6.45) is 0.0964. The molecule has 1 saturated heterocycles. The minimum atomic E-state index is 0.0964. The van der Waals surface area contributed by atoms with Crippen LogP contribution >= 0.6 is 0 Å². The predicted octanol–water partition coefficient (Wildman–Crippen LogP) is 2.72. The lowest BCUT2D eigenvalue weighted by Gasteiger charge is -2.32. The van der Waals surface area contributed by atoms with Crippen LogP contribution in [0.15, 0.2) is 42.5 Å². The van der Waals surface area contributed by atoms with Crippen LogP contribution in [0.5, 0.6) is 5.75 Å². The van der Waals surface area contributed by atoms with E-state index in [1.165, 1.54) is 22.0 Å². The van der Waals surface area contributed by atoms with Gasteiger partial charge in [0.25, 0.3) is 0 Å². The largest absolute Gasteiger partial charge is 0.497 e. The van der Waals surface area contributed by atoms with Crippen molar-refractivity contribution < 1.29 is 9.47 Å². The van der Waals surface area contributed by atoms with Crippen molar-refractivity contribution in [3.05, 3.63) is 59.4 Å². The molecule has 0 bridgehead atoms. The van der Waals surface area contributed by atoms with Crippen LogP contribution in [0.3, 0.4) is 0 Å². The number of rotatable bonds is 4. The van der Waals surface area contributed by atoms with Crippen LogP contribution in [0.25, 0.3) is 10.8 Å². The van der Waals surface area contributed by atoms with Crippen LogP contribution < -0.4 is 10.1 Å². The summed E-state index contributed by atoms with van der Waals surface area (Å²) in [6, 6.07) is 15.0. The maximum atomic E-state index is 6.11. The van der Waals surface area contributed by atoms with Gasteiger partial charge in [0, 0.05) is 32.7 Å². The molecule has 0 saturated carbocycles. The van der Waals surface area contributed by atoms with Crippen LogP contribution in [0.4, 0.5) is 0 Å². The monoisotopic (exact) mass is 378 g/mol. The Morgan fingerprint density at radius 2 is 2.04 bits per heavy atom. The molecule has 6 nitrogen and oxygen atoms in total. The molecule has 6 heteroatoms. The summed E-state index contributed by atoms with van der Waals surface area (Å²) < 4.78 is 13.6. The Morgan fingerprint density at radius 1 is 1.14 bits per heavy atom. The molecule has 2 aromatic carbocycles. The first-order chi connectivity index (χ1) is 13.8. The van der Waals surface area contributed by atoms with Crippen molar-refractivity contribution in [3.8, 4) is 5.75 Å². The van der Waals surface area contributed by atoms with E-state index >= 15 is 0 Å². The SMILES string of the molecule is COc1ccc2cc([C@H]3CN(Cc4cc5n(n4)CCNC5)CCO3)ccc2c1. The molecule has 1 N–H and O–H groups in total. The van der Waals surface area contributed by atoms with Crippen molar-refractivity contribution in [3.63, 3.8) is 0 Å². The van der Waals surface area contributed by atoms with E-state index in [-0.39, 0.29) is 6.10 Å². The van der Waals surface area contributed by atoms with Gasteiger partial charge in [-0.2, -0.15) is 5.10 Å². The molecule has 3 heterocycles. The first-order valence-electron chi connectivity index (χ1n) is 9.96. The number of ether oxygens (including phenoxy) is 2. The lowest BCUT2D eigenvalue weighted by Crippen LogP contribution is -2.37. The summed E-state index contributed by atoms with van der Waals surface area (Å²) in [6.45, 7) is 6.35. The van der Waals surface area contributed by atoms with E-state index in [1.54, 1.807) is 7.11 Å². The van der Waals surface area contributed by atoms with Gasteiger partial charge in [-0.05, 0) is 40.6 Å². The zero-order valence-electron chi connectivity index (χ0n) is 16.2. The van der Waals surface area contributed by atoms with Gasteiger partial charge in [0.05, 0.1) is 37.8 Å². The summed E-state index contributed by atoms with van der Waals surface area (Å²) in [7, 11) is 1.70. The molecule has 0 aliphatic carbocycles. The van der Waals surface area contributed by atoms with Crippen LogP contribution in [0.2, 0.25) is 0 Å². The lowest BCUT2D eigenvalue weighted by molar-refractivity contribution is -0.0332. The molecule has 0 spiro atoms. The van der Waals surface area contributed by atoms with Crippen molar-refractivity contribution in [1.82, 2.24) is 20.0 Å². The molecular formula is C22H26N4O2. The Hall–Kier alpha value is -2.41. The molecule has 1 aromatic heterocycles. The zero-order valence-corrected chi connectivity index (χ0v) is 16.2. The lowest BCUT2D eigenvalue weighted by atomic mass is 10.0. The molecule has 0 unspecified atom stereocenters. The third kappa shape index (κ3) is 3.51. The van der Waals surface area contributed by atoms with Gasteiger partial charge in [-0.25, -0.2) is 0 Å². The molecule has 0 amide bonds. The van der Waals surface area contributed by atoms with E-state index in [4.69, 9.17) is 14.6 Å². The number of morpholine rings is 1. The first-order valence-corrected chi connectivity index (χ1v) is 9.96. The number of nitrogens with one attached hydrogen (secondary N) is 1. The van der Waals surface area contributed by atoms with Gasteiger partial charge < -0.3 is 14.8 Å². The quantitative estimate of drug-likeness (QED) is 0.757. The van der Waals surface area contributed by atoms with Crippen molar-refractivity contribution in [2.45, 2.75) is 25.7 Å². The molecule has 2 aliphatic heterocycles. The summed E-state index contributed by atoms with van der Waals surface area (Å²) in [4.78, 5) is 2.45. The Kier molecular flexibility index (Phi) is 4.76. The fourth-order valence-corrected chi connectivity index (χ4v) is 4.18. The molecule has 146 valence electrons. The van der Waals surface area contributed by atoms with Gasteiger partial charge in [-0.3, -0.25) is 9.58 Å². The van der Waals surface area contributed by atoms with Crippen LogP contribution in [-0.4, -0.2) is 48.0 Å².